The molecule has 0 aromatic rings. The summed E-state index contributed by atoms with van der Waals surface area (Å²) in [5.74, 6) is 0. The smallest absolute Gasteiger partial charge is 0.279 e. The molecule has 0 spiro atoms. The van der Waals surface area contributed by atoms with Gasteiger partial charge in [0.25, 0.3) is 10.2 Å². The van der Waals surface area contributed by atoms with Crippen LogP contribution in [0.25, 0.3) is 0 Å². The van der Waals surface area contributed by atoms with Crippen molar-refractivity contribution in [1.82, 2.24) is 14.3 Å². The highest BCUT2D eigenvalue weighted by Crippen LogP contribution is 2.62. The van der Waals surface area contributed by atoms with Crippen LogP contribution in [0, 0.1) is 10.8 Å². The van der Waals surface area contributed by atoms with E-state index in [1.807, 2.05) is 0 Å². The lowest BCUT2D eigenvalue weighted by Crippen LogP contribution is -2.42. The van der Waals surface area contributed by atoms with Gasteiger partial charge in [-0.3, -0.25) is 0 Å². The van der Waals surface area contributed by atoms with Crippen molar-refractivity contribution in [2.24, 2.45) is 10.8 Å². The van der Waals surface area contributed by atoms with E-state index in [-0.39, 0.29) is 16.9 Å². The molecule has 0 atom stereocenters. The van der Waals surface area contributed by atoms with Crippen molar-refractivity contribution >= 4 is 10.2 Å². The van der Waals surface area contributed by atoms with Crippen LogP contribution in [0.5, 0.6) is 0 Å². The van der Waals surface area contributed by atoms with Crippen molar-refractivity contribution in [2.75, 3.05) is 20.1 Å². The van der Waals surface area contributed by atoms with Crippen molar-refractivity contribution < 1.29 is 8.42 Å². The van der Waals surface area contributed by atoms with Crippen LogP contribution in [0.1, 0.15) is 48.0 Å². The summed E-state index contributed by atoms with van der Waals surface area (Å²) in [6, 6.07) is 0.444. The third-order valence-corrected chi connectivity index (χ3v) is 6.44. The summed E-state index contributed by atoms with van der Waals surface area (Å²) in [5.41, 5.74) is 0.0280. The van der Waals surface area contributed by atoms with E-state index in [0.29, 0.717) is 12.6 Å². The zero-order chi connectivity index (χ0) is 15.8. The molecule has 0 heterocycles. The molecule has 20 heavy (non-hydrogen) atoms. The van der Waals surface area contributed by atoms with Gasteiger partial charge in [0.05, 0.1) is 0 Å². The third kappa shape index (κ3) is 3.72. The Morgan fingerprint density at radius 2 is 1.65 bits per heavy atom. The lowest BCUT2D eigenvalue weighted by atomic mass is 10.0. The lowest BCUT2D eigenvalue weighted by molar-refractivity contribution is 0.434. The van der Waals surface area contributed by atoms with Crippen LogP contribution in [0.4, 0.5) is 0 Å². The quantitative estimate of drug-likeness (QED) is 0.669. The minimum Gasteiger partial charge on any atom is -0.314 e. The van der Waals surface area contributed by atoms with E-state index in [1.54, 1.807) is 7.05 Å². The molecule has 1 aliphatic rings. The maximum Gasteiger partial charge on any atom is 0.279 e. The number of hydrogen-bond acceptors (Lipinski definition) is 3. The summed E-state index contributed by atoms with van der Waals surface area (Å²) in [7, 11) is -1.75. The average molecular weight is 305 g/mol. The highest BCUT2D eigenvalue weighted by Gasteiger charge is 2.66. The Kier molecular flexibility index (Phi) is 5.28. The summed E-state index contributed by atoms with van der Waals surface area (Å²) >= 11 is 0. The fraction of sp³-hybridized carbons (Fsp3) is 1.00. The Morgan fingerprint density at radius 1 is 1.15 bits per heavy atom. The van der Waals surface area contributed by atoms with Gasteiger partial charge in [0.1, 0.15) is 0 Å². The molecule has 0 aliphatic heterocycles. The van der Waals surface area contributed by atoms with Gasteiger partial charge in [-0.1, -0.05) is 41.5 Å². The number of nitrogens with zero attached hydrogens (tertiary/aromatic N) is 1. The van der Waals surface area contributed by atoms with Crippen LogP contribution in [0.3, 0.4) is 0 Å². The maximum absolute atomic E-state index is 12.3. The molecule has 5 nitrogen and oxygen atoms in total. The molecule has 0 aromatic heterocycles. The molecule has 0 saturated heterocycles. The minimum absolute atomic E-state index is 0.0104. The molecular weight excluding hydrogens is 274 g/mol. The Labute approximate surface area is 124 Å². The van der Waals surface area contributed by atoms with E-state index >= 15 is 0 Å². The molecule has 0 amide bonds. The summed E-state index contributed by atoms with van der Waals surface area (Å²) in [6.07, 6.45) is 0.813. The molecule has 1 rings (SSSR count). The molecule has 0 radical (unpaired) electrons. The number of nitrogens with one attached hydrogen (secondary N) is 2. The second-order valence-electron chi connectivity index (χ2n) is 7.28. The first kappa shape index (κ1) is 17.9. The van der Waals surface area contributed by atoms with Gasteiger partial charge < -0.3 is 5.32 Å². The van der Waals surface area contributed by atoms with Gasteiger partial charge in [0.15, 0.2) is 0 Å². The summed E-state index contributed by atoms with van der Waals surface area (Å²) in [6.45, 7) is 13.9. The average Bonchev–Trinajstić information content (AvgIpc) is 2.66. The fourth-order valence-electron chi connectivity index (χ4n) is 2.54. The maximum atomic E-state index is 12.3. The molecule has 0 bridgehead atoms. The molecular formula is C14H31N3O2S. The van der Waals surface area contributed by atoms with Gasteiger partial charge in [-0.25, -0.2) is 0 Å². The first-order chi connectivity index (χ1) is 8.93. The van der Waals surface area contributed by atoms with Crippen LogP contribution in [-0.4, -0.2) is 44.9 Å². The first-order valence-electron chi connectivity index (χ1n) is 7.40. The van der Waals surface area contributed by atoms with E-state index in [4.69, 9.17) is 0 Å². The second kappa shape index (κ2) is 5.91. The normalized spacial score (nSPS) is 21.6. The molecule has 1 saturated carbocycles. The van der Waals surface area contributed by atoms with E-state index in [9.17, 15) is 8.42 Å². The van der Waals surface area contributed by atoms with Crippen LogP contribution in [0.2, 0.25) is 0 Å². The molecule has 120 valence electrons. The van der Waals surface area contributed by atoms with Crippen molar-refractivity contribution in [3.05, 3.63) is 0 Å². The van der Waals surface area contributed by atoms with Crippen LogP contribution in [0.15, 0.2) is 0 Å². The molecule has 1 aliphatic carbocycles. The highest BCUT2D eigenvalue weighted by atomic mass is 32.2. The first-order valence-corrected chi connectivity index (χ1v) is 8.84. The van der Waals surface area contributed by atoms with Gasteiger partial charge in [-0.2, -0.15) is 17.4 Å². The molecule has 0 unspecified atom stereocenters. The van der Waals surface area contributed by atoms with E-state index in [1.165, 1.54) is 4.31 Å². The predicted molar refractivity (Wildman–Crippen MR) is 83.8 cm³/mol. The Bertz CT molecular complexity index is 416. The standard InChI is InChI=1S/C14H31N3O2S/c1-11(2)15-9-8-10-17(7)20(18,19)16-12-13(3,4)14(12,5)6/h11-12,15-16H,8-10H2,1-7H3. The van der Waals surface area contributed by atoms with E-state index < -0.39 is 10.2 Å². The van der Waals surface area contributed by atoms with Crippen molar-refractivity contribution in [3.63, 3.8) is 0 Å². The SMILES string of the molecule is CC(C)NCCCN(C)S(=O)(=O)NC1C(C)(C)C1(C)C. The van der Waals surface area contributed by atoms with Crippen molar-refractivity contribution in [1.29, 1.82) is 0 Å². The summed E-state index contributed by atoms with van der Waals surface area (Å²) in [4.78, 5) is 0. The van der Waals surface area contributed by atoms with Crippen LogP contribution < -0.4 is 10.0 Å². The molecule has 1 fully saturated rings. The number of hydrogen-bond donors (Lipinski definition) is 2. The van der Waals surface area contributed by atoms with Gasteiger partial charge in [-0.15, -0.1) is 0 Å². The van der Waals surface area contributed by atoms with Crippen LogP contribution in [-0.2, 0) is 10.2 Å². The van der Waals surface area contributed by atoms with Gasteiger partial charge in [-0.05, 0) is 23.8 Å². The molecule has 6 heteroatoms. The summed E-state index contributed by atoms with van der Waals surface area (Å²) in [5, 5.41) is 3.29. The largest absolute Gasteiger partial charge is 0.314 e. The highest BCUT2D eigenvalue weighted by molar-refractivity contribution is 7.87. The zero-order valence-electron chi connectivity index (χ0n) is 13.9. The number of rotatable bonds is 8. The zero-order valence-corrected chi connectivity index (χ0v) is 14.8. The minimum atomic E-state index is -3.38. The Hall–Kier alpha value is -0.170. The Balaban J connectivity index is 2.45. The van der Waals surface area contributed by atoms with Gasteiger partial charge in [0, 0.05) is 25.7 Å². The third-order valence-electron chi connectivity index (χ3n) is 4.90. The topological polar surface area (TPSA) is 61.4 Å². The lowest BCUT2D eigenvalue weighted by Gasteiger charge is -2.19. The second-order valence-corrected chi connectivity index (χ2v) is 9.09. The predicted octanol–water partition coefficient (Wildman–Crippen LogP) is 1.58. The van der Waals surface area contributed by atoms with E-state index in [0.717, 1.165) is 13.0 Å². The Morgan fingerprint density at radius 3 is 2.05 bits per heavy atom. The molecule has 0 aromatic carbocycles. The monoisotopic (exact) mass is 305 g/mol. The van der Waals surface area contributed by atoms with Gasteiger partial charge >= 0.3 is 0 Å². The van der Waals surface area contributed by atoms with Gasteiger partial charge in [0.2, 0.25) is 0 Å². The van der Waals surface area contributed by atoms with Crippen molar-refractivity contribution in [3.8, 4) is 0 Å². The fourth-order valence-corrected chi connectivity index (χ4v) is 3.98. The van der Waals surface area contributed by atoms with E-state index in [2.05, 4.69) is 51.6 Å². The summed E-state index contributed by atoms with van der Waals surface area (Å²) < 4.78 is 28.8. The molecule has 2 N–H and O–H groups in total. The van der Waals surface area contributed by atoms with Crippen LogP contribution >= 0.6 is 0 Å². The van der Waals surface area contributed by atoms with Crippen molar-refractivity contribution in [2.45, 2.75) is 60.0 Å².